The number of halogens is 2. The monoisotopic (exact) mass is 376 g/mol. The van der Waals surface area contributed by atoms with E-state index in [0.29, 0.717) is 6.54 Å². The summed E-state index contributed by atoms with van der Waals surface area (Å²) >= 11 is 0. The van der Waals surface area contributed by atoms with Crippen LogP contribution in [0.5, 0.6) is 0 Å². The second-order valence-electron chi connectivity index (χ2n) is 6.29. The smallest absolute Gasteiger partial charge is 0.227 e. The molecule has 2 fully saturated rings. The highest BCUT2D eigenvalue weighted by molar-refractivity contribution is 5.85. The van der Waals surface area contributed by atoms with E-state index in [0.717, 1.165) is 57.2 Å². The molecule has 136 valence electrons. The number of morpholine rings is 1. The minimum Gasteiger partial charge on any atom is -0.378 e. The fourth-order valence-corrected chi connectivity index (χ4v) is 2.91. The van der Waals surface area contributed by atoms with Crippen molar-refractivity contribution in [3.63, 3.8) is 0 Å². The van der Waals surface area contributed by atoms with Crippen LogP contribution in [0, 0.1) is 5.41 Å². The van der Waals surface area contributed by atoms with Crippen molar-refractivity contribution < 1.29 is 9.53 Å². The van der Waals surface area contributed by atoms with E-state index in [1.54, 1.807) is 0 Å². The van der Waals surface area contributed by atoms with Gasteiger partial charge < -0.3 is 20.3 Å². The van der Waals surface area contributed by atoms with Crippen molar-refractivity contribution in [2.24, 2.45) is 5.41 Å². The molecule has 2 aliphatic heterocycles. The van der Waals surface area contributed by atoms with Crippen LogP contribution >= 0.6 is 24.8 Å². The molecule has 6 nitrogen and oxygen atoms in total. The predicted octanol–water partition coefficient (Wildman–Crippen LogP) is 1.38. The molecular weight excluding hydrogens is 351 g/mol. The molecule has 0 bridgehead atoms. The number of nitrogens with zero attached hydrogens (tertiary/aromatic N) is 2. The summed E-state index contributed by atoms with van der Waals surface area (Å²) in [7, 11) is 0. The topological polar surface area (TPSA) is 66.5 Å². The Morgan fingerprint density at radius 2 is 2.12 bits per heavy atom. The number of hydrogen-bond acceptors (Lipinski definition) is 5. The Hall–Kier alpha value is -1.08. The minimum atomic E-state index is -0.277. The SMILES string of the molecule is CC1(C(=O)NCc2ccc(N3CCOCC3)nc2)CCNC1.Cl.Cl. The summed E-state index contributed by atoms with van der Waals surface area (Å²) < 4.78 is 5.35. The quantitative estimate of drug-likeness (QED) is 0.830. The van der Waals surface area contributed by atoms with Gasteiger partial charge in [0.15, 0.2) is 0 Å². The van der Waals surface area contributed by atoms with Gasteiger partial charge in [-0.05, 0) is 31.5 Å². The van der Waals surface area contributed by atoms with Gasteiger partial charge >= 0.3 is 0 Å². The van der Waals surface area contributed by atoms with E-state index in [-0.39, 0.29) is 36.1 Å². The fraction of sp³-hybridized carbons (Fsp3) is 0.625. The molecule has 3 heterocycles. The number of anilines is 1. The third kappa shape index (κ3) is 4.96. The van der Waals surface area contributed by atoms with Crippen molar-refractivity contribution in [3.05, 3.63) is 23.9 Å². The summed E-state index contributed by atoms with van der Waals surface area (Å²) in [4.78, 5) is 19.0. The number of hydrogen-bond donors (Lipinski definition) is 2. The number of amides is 1. The van der Waals surface area contributed by atoms with Gasteiger partial charge in [0.1, 0.15) is 5.82 Å². The Labute approximate surface area is 155 Å². The Kier molecular flexibility index (Phi) is 8.22. The first-order valence-corrected chi connectivity index (χ1v) is 7.94. The van der Waals surface area contributed by atoms with Crippen LogP contribution in [0.4, 0.5) is 5.82 Å². The van der Waals surface area contributed by atoms with E-state index in [1.807, 2.05) is 25.3 Å². The molecule has 0 radical (unpaired) electrons. The number of pyridine rings is 1. The molecule has 1 aromatic rings. The van der Waals surface area contributed by atoms with Crippen molar-refractivity contribution in [3.8, 4) is 0 Å². The van der Waals surface area contributed by atoms with E-state index in [4.69, 9.17) is 4.74 Å². The fourth-order valence-electron chi connectivity index (χ4n) is 2.91. The zero-order valence-electron chi connectivity index (χ0n) is 13.9. The summed E-state index contributed by atoms with van der Waals surface area (Å²) in [5.74, 6) is 1.10. The first-order valence-electron chi connectivity index (χ1n) is 7.94. The van der Waals surface area contributed by atoms with E-state index >= 15 is 0 Å². The Morgan fingerprint density at radius 1 is 1.38 bits per heavy atom. The van der Waals surface area contributed by atoms with E-state index in [2.05, 4.69) is 20.5 Å². The summed E-state index contributed by atoms with van der Waals surface area (Å²) in [6, 6.07) is 4.05. The van der Waals surface area contributed by atoms with Crippen LogP contribution in [-0.4, -0.2) is 50.3 Å². The lowest BCUT2D eigenvalue weighted by molar-refractivity contribution is -0.129. The third-order valence-corrected chi connectivity index (χ3v) is 4.51. The van der Waals surface area contributed by atoms with Gasteiger partial charge in [-0.25, -0.2) is 4.98 Å². The lowest BCUT2D eigenvalue weighted by Crippen LogP contribution is -2.40. The number of nitrogens with one attached hydrogen (secondary N) is 2. The zero-order valence-corrected chi connectivity index (χ0v) is 15.5. The first kappa shape index (κ1) is 21.0. The van der Waals surface area contributed by atoms with Gasteiger partial charge in [-0.2, -0.15) is 0 Å². The highest BCUT2D eigenvalue weighted by atomic mass is 35.5. The standard InChI is InChI=1S/C16H24N4O2.2ClH/c1-16(4-5-17-12-16)15(21)19-11-13-2-3-14(18-10-13)20-6-8-22-9-7-20;;/h2-3,10,17H,4-9,11-12H2,1H3,(H,19,21);2*1H. The highest BCUT2D eigenvalue weighted by Gasteiger charge is 2.35. The van der Waals surface area contributed by atoms with Crippen molar-refractivity contribution in [1.82, 2.24) is 15.6 Å². The lowest BCUT2D eigenvalue weighted by atomic mass is 9.89. The van der Waals surface area contributed by atoms with Crippen LogP contribution < -0.4 is 15.5 Å². The lowest BCUT2D eigenvalue weighted by Gasteiger charge is -2.27. The maximum absolute atomic E-state index is 12.3. The Balaban J connectivity index is 0.00000144. The Morgan fingerprint density at radius 3 is 2.71 bits per heavy atom. The molecule has 0 spiro atoms. The van der Waals surface area contributed by atoms with Gasteiger partial charge in [-0.15, -0.1) is 24.8 Å². The summed E-state index contributed by atoms with van der Waals surface area (Å²) in [6.07, 6.45) is 2.74. The first-order chi connectivity index (χ1) is 10.7. The van der Waals surface area contributed by atoms with Gasteiger partial charge in [0, 0.05) is 32.4 Å². The normalized spacial score (nSPS) is 23.1. The van der Waals surface area contributed by atoms with Crippen LogP contribution in [0.15, 0.2) is 18.3 Å². The average molecular weight is 377 g/mol. The van der Waals surface area contributed by atoms with Gasteiger partial charge in [-0.1, -0.05) is 6.07 Å². The maximum Gasteiger partial charge on any atom is 0.227 e. The zero-order chi connectivity index (χ0) is 15.4. The Bertz CT molecular complexity index is 515. The van der Waals surface area contributed by atoms with Crippen LogP contribution in [0.3, 0.4) is 0 Å². The highest BCUT2D eigenvalue weighted by Crippen LogP contribution is 2.24. The molecule has 1 unspecified atom stereocenters. The number of rotatable bonds is 4. The molecular formula is C16H26Cl2N4O2. The van der Waals surface area contributed by atoms with Gasteiger partial charge in [-0.3, -0.25) is 4.79 Å². The summed E-state index contributed by atoms with van der Waals surface area (Å²) in [5.41, 5.74) is 0.751. The molecule has 0 saturated carbocycles. The molecule has 1 aromatic heterocycles. The van der Waals surface area contributed by atoms with Crippen molar-refractivity contribution in [2.75, 3.05) is 44.3 Å². The van der Waals surface area contributed by atoms with Crippen LogP contribution in [0.2, 0.25) is 0 Å². The molecule has 1 amide bonds. The number of carbonyl (C=O) groups is 1. The van der Waals surface area contributed by atoms with Crippen molar-refractivity contribution in [2.45, 2.75) is 19.9 Å². The second-order valence-corrected chi connectivity index (χ2v) is 6.29. The molecule has 0 aliphatic carbocycles. The van der Waals surface area contributed by atoms with Crippen LogP contribution in [0.25, 0.3) is 0 Å². The largest absolute Gasteiger partial charge is 0.378 e. The number of carbonyl (C=O) groups excluding carboxylic acids is 1. The number of ether oxygens (including phenoxy) is 1. The number of aromatic nitrogens is 1. The van der Waals surface area contributed by atoms with E-state index < -0.39 is 0 Å². The molecule has 2 aliphatic rings. The average Bonchev–Trinajstić information content (AvgIpc) is 3.02. The molecule has 2 saturated heterocycles. The van der Waals surface area contributed by atoms with Crippen LogP contribution in [-0.2, 0) is 16.1 Å². The third-order valence-electron chi connectivity index (χ3n) is 4.51. The molecule has 24 heavy (non-hydrogen) atoms. The van der Waals surface area contributed by atoms with E-state index in [1.165, 1.54) is 0 Å². The molecule has 2 N–H and O–H groups in total. The molecule has 8 heteroatoms. The molecule has 3 rings (SSSR count). The van der Waals surface area contributed by atoms with Crippen molar-refractivity contribution in [1.29, 1.82) is 0 Å². The van der Waals surface area contributed by atoms with E-state index in [9.17, 15) is 4.79 Å². The summed E-state index contributed by atoms with van der Waals surface area (Å²) in [6.45, 7) is 7.50. The van der Waals surface area contributed by atoms with Gasteiger partial charge in [0.05, 0.1) is 18.6 Å². The summed E-state index contributed by atoms with van der Waals surface area (Å²) in [5, 5.41) is 6.27. The molecule has 1 atom stereocenters. The second kappa shape index (κ2) is 9.42. The minimum absolute atomic E-state index is 0. The molecule has 0 aromatic carbocycles. The maximum atomic E-state index is 12.3. The predicted molar refractivity (Wildman–Crippen MR) is 99.2 cm³/mol. The van der Waals surface area contributed by atoms with Crippen molar-refractivity contribution >= 4 is 36.5 Å². The van der Waals surface area contributed by atoms with Gasteiger partial charge in [0.25, 0.3) is 0 Å². The van der Waals surface area contributed by atoms with Crippen LogP contribution in [0.1, 0.15) is 18.9 Å². The van der Waals surface area contributed by atoms with Gasteiger partial charge in [0.2, 0.25) is 5.91 Å².